The van der Waals surface area contributed by atoms with Crippen molar-refractivity contribution in [2.75, 3.05) is 27.3 Å². The molecule has 1 aliphatic heterocycles. The Morgan fingerprint density at radius 3 is 2.48 bits per heavy atom. The molecule has 7 nitrogen and oxygen atoms in total. The van der Waals surface area contributed by atoms with Crippen LogP contribution in [0.15, 0.2) is 24.3 Å². The molecule has 27 heavy (non-hydrogen) atoms. The van der Waals surface area contributed by atoms with Gasteiger partial charge >= 0.3 is 5.97 Å². The van der Waals surface area contributed by atoms with Crippen LogP contribution in [0.3, 0.4) is 0 Å². The number of nitrogens with zero attached hydrogens (tertiary/aromatic N) is 3. The lowest BCUT2D eigenvalue weighted by Gasteiger charge is -2.27. The number of aromatic nitrogens is 3. The van der Waals surface area contributed by atoms with Gasteiger partial charge in [0.1, 0.15) is 5.75 Å². The highest BCUT2D eigenvalue weighted by Crippen LogP contribution is 2.21. The molecular weight excluding hydrogens is 364 g/mol. The van der Waals surface area contributed by atoms with E-state index in [1.165, 1.54) is 12.0 Å². The predicted molar refractivity (Wildman–Crippen MR) is 104 cm³/mol. The molecule has 1 aliphatic rings. The van der Waals surface area contributed by atoms with Crippen LogP contribution < -0.4 is 9.64 Å². The van der Waals surface area contributed by atoms with E-state index in [0.717, 1.165) is 54.4 Å². The van der Waals surface area contributed by atoms with Crippen molar-refractivity contribution in [1.29, 1.82) is 0 Å². The lowest BCUT2D eigenvalue weighted by atomic mass is 9.97. The maximum atomic E-state index is 11.7. The highest BCUT2D eigenvalue weighted by atomic mass is 32.1. The van der Waals surface area contributed by atoms with Gasteiger partial charge in [-0.2, -0.15) is 4.68 Å². The third-order valence-electron chi connectivity index (χ3n) is 5.19. The standard InChI is InChI=1S/C19H26N4O3S/c1-4-22-17(14-5-7-16(25-2)8-6-14)20-23(19(22)27)13-21-11-9-15(10-12-21)18(24)26-3/h5-8,15H,4,9-13H2,1-3H3/p+1. The molecule has 1 fully saturated rings. The number of carbonyl (C=O) groups excluding carboxylic acids is 1. The number of rotatable bonds is 6. The van der Waals surface area contributed by atoms with Gasteiger partial charge in [0.2, 0.25) is 4.77 Å². The van der Waals surface area contributed by atoms with Crippen LogP contribution in [0, 0.1) is 10.7 Å². The number of hydrogen-bond donors (Lipinski definition) is 1. The second-order valence-corrected chi connectivity index (χ2v) is 7.15. The number of carbonyl (C=O) groups is 1. The third kappa shape index (κ3) is 4.22. The first-order chi connectivity index (χ1) is 13.1. The van der Waals surface area contributed by atoms with Crippen LogP contribution in [-0.2, 0) is 22.7 Å². The predicted octanol–water partition coefficient (Wildman–Crippen LogP) is 1.53. The Kier molecular flexibility index (Phi) is 6.28. The summed E-state index contributed by atoms with van der Waals surface area (Å²) in [4.78, 5) is 13.1. The van der Waals surface area contributed by atoms with Crippen molar-refractivity contribution >= 4 is 18.2 Å². The van der Waals surface area contributed by atoms with Gasteiger partial charge in [0.25, 0.3) is 0 Å². The summed E-state index contributed by atoms with van der Waals surface area (Å²) in [7, 11) is 3.11. The minimum Gasteiger partial charge on any atom is -0.497 e. The van der Waals surface area contributed by atoms with Gasteiger partial charge in [0.15, 0.2) is 12.5 Å². The molecule has 1 aromatic carbocycles. The minimum absolute atomic E-state index is 0.0229. The van der Waals surface area contributed by atoms with E-state index in [-0.39, 0.29) is 11.9 Å². The quantitative estimate of drug-likeness (QED) is 0.598. The molecule has 1 aromatic heterocycles. The number of methoxy groups -OCH3 is 2. The topological polar surface area (TPSA) is 62.7 Å². The zero-order valence-electron chi connectivity index (χ0n) is 16.1. The number of esters is 1. The molecular formula is C19H27N4O3S+. The van der Waals surface area contributed by atoms with Gasteiger partial charge in [-0.25, -0.2) is 0 Å². The molecule has 146 valence electrons. The van der Waals surface area contributed by atoms with Gasteiger partial charge in [-0.05, 0) is 43.4 Å². The van der Waals surface area contributed by atoms with Gasteiger partial charge < -0.3 is 18.9 Å². The summed E-state index contributed by atoms with van der Waals surface area (Å²) in [5.41, 5.74) is 1.02. The van der Waals surface area contributed by atoms with E-state index in [1.54, 1.807) is 7.11 Å². The SMILES string of the molecule is CCn1c(-c2ccc(OC)cc2)nn(C[NH+]2CCC(C(=O)OC)CC2)c1=S. The summed E-state index contributed by atoms with van der Waals surface area (Å²) >= 11 is 5.66. The van der Waals surface area contributed by atoms with Gasteiger partial charge in [-0.1, -0.05) is 0 Å². The molecule has 0 spiro atoms. The number of likely N-dealkylation sites (tertiary alicyclic amines) is 1. The van der Waals surface area contributed by atoms with Crippen LogP contribution in [0.1, 0.15) is 19.8 Å². The van der Waals surface area contributed by atoms with Crippen molar-refractivity contribution in [3.63, 3.8) is 0 Å². The second kappa shape index (κ2) is 8.67. The molecule has 3 rings (SSSR count). The van der Waals surface area contributed by atoms with E-state index in [4.69, 9.17) is 26.8 Å². The fourth-order valence-electron chi connectivity index (χ4n) is 3.58. The van der Waals surface area contributed by atoms with Crippen molar-refractivity contribution in [3.05, 3.63) is 29.0 Å². The molecule has 0 unspecified atom stereocenters. The summed E-state index contributed by atoms with van der Waals surface area (Å²) in [5.74, 6) is 1.62. The van der Waals surface area contributed by atoms with Crippen molar-refractivity contribution in [3.8, 4) is 17.1 Å². The molecule has 0 atom stereocenters. The Hall–Kier alpha value is -2.19. The fourth-order valence-corrected chi connectivity index (χ4v) is 3.90. The van der Waals surface area contributed by atoms with E-state index < -0.39 is 0 Å². The highest BCUT2D eigenvalue weighted by molar-refractivity contribution is 7.71. The van der Waals surface area contributed by atoms with E-state index in [0.29, 0.717) is 6.67 Å². The summed E-state index contributed by atoms with van der Waals surface area (Å²) in [5, 5.41) is 4.79. The Labute approximate surface area is 164 Å². The molecule has 0 bridgehead atoms. The van der Waals surface area contributed by atoms with Gasteiger partial charge in [-0.15, -0.1) is 5.10 Å². The fraction of sp³-hybridized carbons (Fsp3) is 0.526. The van der Waals surface area contributed by atoms with Crippen LogP contribution in [0.5, 0.6) is 5.75 Å². The van der Waals surface area contributed by atoms with Gasteiger partial charge in [-0.3, -0.25) is 4.79 Å². The normalized spacial score (nSPS) is 19.7. The summed E-state index contributed by atoms with van der Waals surface area (Å²) in [6.45, 7) is 5.38. The van der Waals surface area contributed by atoms with Crippen LogP contribution in [-0.4, -0.2) is 47.6 Å². The van der Waals surface area contributed by atoms with E-state index >= 15 is 0 Å². The Bertz CT molecular complexity index is 836. The summed E-state index contributed by atoms with van der Waals surface area (Å²) in [6.07, 6.45) is 1.68. The number of quaternary nitrogens is 1. The van der Waals surface area contributed by atoms with Crippen molar-refractivity contribution < 1.29 is 19.2 Å². The number of piperidine rings is 1. The first-order valence-electron chi connectivity index (χ1n) is 9.30. The maximum Gasteiger partial charge on any atom is 0.309 e. The number of nitrogens with one attached hydrogen (secondary N) is 1. The number of ether oxygens (including phenoxy) is 2. The van der Waals surface area contributed by atoms with Crippen molar-refractivity contribution in [1.82, 2.24) is 14.3 Å². The molecule has 2 heterocycles. The van der Waals surface area contributed by atoms with Crippen LogP contribution in [0.25, 0.3) is 11.4 Å². The van der Waals surface area contributed by atoms with E-state index in [2.05, 4.69) is 11.5 Å². The molecule has 0 radical (unpaired) electrons. The van der Waals surface area contributed by atoms with Gasteiger partial charge in [0, 0.05) is 24.9 Å². The zero-order chi connectivity index (χ0) is 19.4. The average Bonchev–Trinajstić information content (AvgIpc) is 3.03. The number of benzene rings is 1. The van der Waals surface area contributed by atoms with E-state index in [9.17, 15) is 4.79 Å². The molecule has 1 saturated heterocycles. The Balaban J connectivity index is 1.76. The van der Waals surface area contributed by atoms with Crippen LogP contribution in [0.2, 0.25) is 0 Å². The molecule has 0 amide bonds. The summed E-state index contributed by atoms with van der Waals surface area (Å²) in [6, 6.07) is 7.86. The van der Waals surface area contributed by atoms with E-state index in [1.807, 2.05) is 28.9 Å². The van der Waals surface area contributed by atoms with Crippen molar-refractivity contribution in [2.24, 2.45) is 5.92 Å². The average molecular weight is 392 g/mol. The zero-order valence-corrected chi connectivity index (χ0v) is 16.9. The molecule has 2 aromatic rings. The first-order valence-corrected chi connectivity index (χ1v) is 9.71. The largest absolute Gasteiger partial charge is 0.497 e. The first kappa shape index (κ1) is 19.6. The molecule has 1 N–H and O–H groups in total. The van der Waals surface area contributed by atoms with Crippen LogP contribution >= 0.6 is 12.2 Å². The Morgan fingerprint density at radius 1 is 1.26 bits per heavy atom. The molecule has 0 saturated carbocycles. The summed E-state index contributed by atoms with van der Waals surface area (Å²) < 4.78 is 14.8. The second-order valence-electron chi connectivity index (χ2n) is 6.78. The molecule has 0 aliphatic carbocycles. The monoisotopic (exact) mass is 391 g/mol. The lowest BCUT2D eigenvalue weighted by Crippen LogP contribution is -3.12. The van der Waals surface area contributed by atoms with Crippen LogP contribution in [0.4, 0.5) is 0 Å². The smallest absolute Gasteiger partial charge is 0.309 e. The Morgan fingerprint density at radius 2 is 1.93 bits per heavy atom. The lowest BCUT2D eigenvalue weighted by molar-refractivity contribution is -0.929. The van der Waals surface area contributed by atoms with Crippen molar-refractivity contribution in [2.45, 2.75) is 33.0 Å². The molecule has 8 heteroatoms. The van der Waals surface area contributed by atoms with Gasteiger partial charge in [0.05, 0.1) is 33.2 Å². The highest BCUT2D eigenvalue weighted by Gasteiger charge is 2.28. The third-order valence-corrected chi connectivity index (χ3v) is 5.62. The minimum atomic E-state index is -0.0947. The number of hydrogen-bond acceptors (Lipinski definition) is 5. The maximum absolute atomic E-state index is 11.7.